The summed E-state index contributed by atoms with van der Waals surface area (Å²) < 4.78 is 0. The zero-order chi connectivity index (χ0) is 10.3. The Morgan fingerprint density at radius 3 is 2.60 bits per heavy atom. The predicted molar refractivity (Wildman–Crippen MR) is 60.3 cm³/mol. The highest BCUT2D eigenvalue weighted by Gasteiger charge is 2.32. The molecule has 1 aromatic rings. The first kappa shape index (κ1) is 9.04. The first-order valence-corrected chi connectivity index (χ1v) is 5.61. The average molecular weight is 204 g/mol. The molecule has 3 nitrogen and oxygen atoms in total. The van der Waals surface area contributed by atoms with E-state index in [9.17, 15) is 5.11 Å². The maximum atomic E-state index is 9.45. The first-order valence-electron chi connectivity index (χ1n) is 5.61. The van der Waals surface area contributed by atoms with Gasteiger partial charge in [0.25, 0.3) is 0 Å². The average Bonchev–Trinajstić information content (AvgIpc) is 2.58. The Balaban J connectivity index is 1.83. The summed E-state index contributed by atoms with van der Waals surface area (Å²) in [6, 6.07) is 8.85. The van der Waals surface area contributed by atoms with Crippen LogP contribution in [-0.4, -0.2) is 30.3 Å². The topological polar surface area (TPSA) is 35.5 Å². The van der Waals surface area contributed by atoms with Crippen LogP contribution >= 0.6 is 0 Å². The quantitative estimate of drug-likeness (QED) is 0.724. The second-order valence-corrected chi connectivity index (χ2v) is 4.56. The van der Waals surface area contributed by atoms with Crippen molar-refractivity contribution in [3.8, 4) is 5.75 Å². The standard InChI is InChI=1S/C12H16N2O/c15-12-3-1-2-11(6-12)14-7-9-4-5-10(8-14)13-9/h1-3,6,9-10,13,15H,4-5,7-8H2. The smallest absolute Gasteiger partial charge is 0.117 e. The number of nitrogens with zero attached hydrogens (tertiary/aromatic N) is 1. The normalized spacial score (nSPS) is 29.5. The summed E-state index contributed by atoms with van der Waals surface area (Å²) >= 11 is 0. The molecule has 0 aliphatic carbocycles. The fourth-order valence-electron chi connectivity index (χ4n) is 2.70. The van der Waals surface area contributed by atoms with Crippen LogP contribution in [0.3, 0.4) is 0 Å². The lowest BCUT2D eigenvalue weighted by Crippen LogP contribution is -2.51. The van der Waals surface area contributed by atoms with Crippen LogP contribution in [0.4, 0.5) is 5.69 Å². The highest BCUT2D eigenvalue weighted by atomic mass is 16.3. The first-order chi connectivity index (χ1) is 7.31. The maximum absolute atomic E-state index is 9.45. The molecule has 2 fully saturated rings. The van der Waals surface area contributed by atoms with Gasteiger partial charge in [0.05, 0.1) is 0 Å². The summed E-state index contributed by atoms with van der Waals surface area (Å²) in [6.07, 6.45) is 2.58. The third-order valence-corrected chi connectivity index (χ3v) is 3.41. The molecule has 3 rings (SSSR count). The molecule has 3 heteroatoms. The van der Waals surface area contributed by atoms with Gasteiger partial charge in [0, 0.05) is 36.9 Å². The van der Waals surface area contributed by atoms with Gasteiger partial charge in [0.2, 0.25) is 0 Å². The SMILES string of the molecule is Oc1cccc(N2CC3CCC(C2)N3)c1. The van der Waals surface area contributed by atoms with Crippen LogP contribution < -0.4 is 10.2 Å². The fraction of sp³-hybridized carbons (Fsp3) is 0.500. The van der Waals surface area contributed by atoms with Crippen molar-refractivity contribution in [2.45, 2.75) is 24.9 Å². The minimum absolute atomic E-state index is 0.360. The van der Waals surface area contributed by atoms with Crippen LogP contribution in [0.15, 0.2) is 24.3 Å². The van der Waals surface area contributed by atoms with Crippen molar-refractivity contribution in [1.82, 2.24) is 5.32 Å². The summed E-state index contributed by atoms with van der Waals surface area (Å²) in [5, 5.41) is 13.0. The summed E-state index contributed by atoms with van der Waals surface area (Å²) in [5.74, 6) is 0.360. The molecular weight excluding hydrogens is 188 g/mol. The predicted octanol–water partition coefficient (Wildman–Crippen LogP) is 1.33. The van der Waals surface area contributed by atoms with Gasteiger partial charge in [-0.05, 0) is 25.0 Å². The molecule has 0 spiro atoms. The number of rotatable bonds is 1. The number of anilines is 1. The van der Waals surface area contributed by atoms with Gasteiger partial charge in [-0.15, -0.1) is 0 Å². The van der Waals surface area contributed by atoms with E-state index in [-0.39, 0.29) is 0 Å². The molecule has 2 N–H and O–H groups in total. The number of hydrogen-bond acceptors (Lipinski definition) is 3. The largest absolute Gasteiger partial charge is 0.508 e. The Kier molecular flexibility index (Phi) is 2.06. The number of benzene rings is 1. The van der Waals surface area contributed by atoms with Crippen molar-refractivity contribution < 1.29 is 5.11 Å². The van der Waals surface area contributed by atoms with E-state index in [1.165, 1.54) is 12.8 Å². The van der Waals surface area contributed by atoms with E-state index >= 15 is 0 Å². The highest BCUT2D eigenvalue weighted by molar-refractivity contribution is 5.51. The Bertz CT molecular complexity index is 354. The Morgan fingerprint density at radius 1 is 1.20 bits per heavy atom. The number of hydrogen-bond donors (Lipinski definition) is 2. The van der Waals surface area contributed by atoms with Crippen molar-refractivity contribution in [1.29, 1.82) is 0 Å². The fourth-order valence-corrected chi connectivity index (χ4v) is 2.70. The van der Waals surface area contributed by atoms with Crippen molar-refractivity contribution in [3.63, 3.8) is 0 Å². The van der Waals surface area contributed by atoms with Gasteiger partial charge in [0.15, 0.2) is 0 Å². The molecule has 1 aromatic carbocycles. The minimum Gasteiger partial charge on any atom is -0.508 e. The molecule has 0 amide bonds. The molecule has 2 aliphatic rings. The number of piperazine rings is 1. The molecule has 15 heavy (non-hydrogen) atoms. The summed E-state index contributed by atoms with van der Waals surface area (Å²) in [7, 11) is 0. The monoisotopic (exact) mass is 204 g/mol. The van der Waals surface area contributed by atoms with Crippen LogP contribution in [0.25, 0.3) is 0 Å². The van der Waals surface area contributed by atoms with E-state index < -0.39 is 0 Å². The van der Waals surface area contributed by atoms with E-state index in [0.29, 0.717) is 17.8 Å². The van der Waals surface area contributed by atoms with Crippen molar-refractivity contribution in [2.75, 3.05) is 18.0 Å². The number of aromatic hydroxyl groups is 1. The van der Waals surface area contributed by atoms with Gasteiger partial charge in [-0.1, -0.05) is 6.07 Å². The number of phenols is 1. The van der Waals surface area contributed by atoms with Gasteiger partial charge < -0.3 is 15.3 Å². The van der Waals surface area contributed by atoms with Gasteiger partial charge in [0.1, 0.15) is 5.75 Å². The maximum Gasteiger partial charge on any atom is 0.117 e. The molecule has 2 saturated heterocycles. The van der Waals surface area contributed by atoms with Crippen molar-refractivity contribution in [3.05, 3.63) is 24.3 Å². The number of phenolic OH excluding ortho intramolecular Hbond substituents is 1. The van der Waals surface area contributed by atoms with Gasteiger partial charge in [-0.2, -0.15) is 0 Å². The third kappa shape index (κ3) is 1.67. The molecule has 0 radical (unpaired) electrons. The van der Waals surface area contributed by atoms with E-state index in [1.807, 2.05) is 12.1 Å². The van der Waals surface area contributed by atoms with E-state index in [4.69, 9.17) is 0 Å². The molecule has 0 aromatic heterocycles. The molecule has 2 heterocycles. The van der Waals surface area contributed by atoms with Gasteiger partial charge >= 0.3 is 0 Å². The second kappa shape index (κ2) is 3.42. The Labute approximate surface area is 89.7 Å². The Morgan fingerprint density at radius 2 is 1.93 bits per heavy atom. The van der Waals surface area contributed by atoms with Crippen molar-refractivity contribution >= 4 is 5.69 Å². The second-order valence-electron chi connectivity index (χ2n) is 4.56. The van der Waals surface area contributed by atoms with Crippen molar-refractivity contribution in [2.24, 2.45) is 0 Å². The zero-order valence-corrected chi connectivity index (χ0v) is 8.69. The lowest BCUT2D eigenvalue weighted by Gasteiger charge is -2.34. The minimum atomic E-state index is 0.360. The highest BCUT2D eigenvalue weighted by Crippen LogP contribution is 2.26. The third-order valence-electron chi connectivity index (χ3n) is 3.41. The molecule has 2 atom stereocenters. The summed E-state index contributed by atoms with van der Waals surface area (Å²) in [4.78, 5) is 2.37. The molecule has 2 bridgehead atoms. The summed E-state index contributed by atoms with van der Waals surface area (Å²) in [6.45, 7) is 2.14. The summed E-state index contributed by atoms with van der Waals surface area (Å²) in [5.41, 5.74) is 1.15. The lowest BCUT2D eigenvalue weighted by molar-refractivity contribution is 0.461. The van der Waals surface area contributed by atoms with Gasteiger partial charge in [-0.25, -0.2) is 0 Å². The van der Waals surface area contributed by atoms with Crippen LogP contribution in [0.1, 0.15) is 12.8 Å². The zero-order valence-electron chi connectivity index (χ0n) is 8.69. The van der Waals surface area contributed by atoms with Crippen LogP contribution in [0, 0.1) is 0 Å². The Hall–Kier alpha value is -1.22. The van der Waals surface area contributed by atoms with Gasteiger partial charge in [-0.3, -0.25) is 0 Å². The molecular formula is C12H16N2O. The molecule has 2 aliphatic heterocycles. The van der Waals surface area contributed by atoms with Crippen LogP contribution in [0.5, 0.6) is 5.75 Å². The molecule has 0 saturated carbocycles. The van der Waals surface area contributed by atoms with E-state index in [1.54, 1.807) is 6.07 Å². The number of fused-ring (bicyclic) bond motifs is 2. The lowest BCUT2D eigenvalue weighted by atomic mass is 10.2. The van der Waals surface area contributed by atoms with Crippen LogP contribution in [0.2, 0.25) is 0 Å². The molecule has 2 unspecified atom stereocenters. The van der Waals surface area contributed by atoms with E-state index in [2.05, 4.69) is 16.3 Å². The molecule has 80 valence electrons. The number of nitrogens with one attached hydrogen (secondary N) is 1. The van der Waals surface area contributed by atoms with Crippen LogP contribution in [-0.2, 0) is 0 Å². The van der Waals surface area contributed by atoms with E-state index in [0.717, 1.165) is 18.8 Å².